The number of aryl methyl sites for hydroxylation is 1. The summed E-state index contributed by atoms with van der Waals surface area (Å²) >= 11 is 0.908. The summed E-state index contributed by atoms with van der Waals surface area (Å²) in [7, 11) is 0. The van der Waals surface area contributed by atoms with Crippen LogP contribution in [0.3, 0.4) is 0 Å². The number of carbonyl (C=O) groups excluding carboxylic acids is 1. The van der Waals surface area contributed by atoms with E-state index in [2.05, 4.69) is 15.3 Å². The molecule has 0 saturated heterocycles. The monoisotopic (exact) mass is 320 g/mol. The highest BCUT2D eigenvalue weighted by Gasteiger charge is 2.12. The summed E-state index contributed by atoms with van der Waals surface area (Å²) < 4.78 is 0. The van der Waals surface area contributed by atoms with Crippen LogP contribution in [0.1, 0.15) is 11.1 Å². The normalized spacial score (nSPS) is 11.0. The van der Waals surface area contributed by atoms with E-state index in [9.17, 15) is 14.9 Å². The van der Waals surface area contributed by atoms with Gasteiger partial charge < -0.3 is 5.73 Å². The summed E-state index contributed by atoms with van der Waals surface area (Å²) in [5.41, 5.74) is 7.53. The summed E-state index contributed by atoms with van der Waals surface area (Å²) in [6.07, 6.45) is -0.809. The van der Waals surface area contributed by atoms with Gasteiger partial charge in [0.05, 0.1) is 4.92 Å². The van der Waals surface area contributed by atoms with Crippen molar-refractivity contribution >= 4 is 34.0 Å². The van der Waals surface area contributed by atoms with E-state index in [4.69, 9.17) is 5.73 Å². The molecule has 0 radical (unpaired) electrons. The Hall–Kier alpha value is -2.94. The molecule has 0 spiro atoms. The summed E-state index contributed by atoms with van der Waals surface area (Å²) in [5, 5.41) is 17.9. The van der Waals surface area contributed by atoms with Crippen molar-refractivity contribution in [2.24, 2.45) is 10.9 Å². The molecule has 0 fully saturated rings. The molecule has 0 aliphatic carbocycles. The van der Waals surface area contributed by atoms with Gasteiger partial charge in [-0.1, -0.05) is 34.2 Å². The highest BCUT2D eigenvalue weighted by atomic mass is 32.1. The number of nitro groups is 1. The first kappa shape index (κ1) is 15.4. The van der Waals surface area contributed by atoms with Gasteiger partial charge in [0.1, 0.15) is 0 Å². The Bertz CT molecular complexity index is 724. The van der Waals surface area contributed by atoms with Crippen LogP contribution >= 0.6 is 11.3 Å². The Balaban J connectivity index is 1.96. The second-order valence-electron chi connectivity index (χ2n) is 4.28. The van der Waals surface area contributed by atoms with Crippen LogP contribution in [0.5, 0.6) is 0 Å². The Kier molecular flexibility index (Phi) is 4.69. The van der Waals surface area contributed by atoms with Gasteiger partial charge in [0.2, 0.25) is 0 Å². The largest absolute Gasteiger partial charge is 0.437 e. The van der Waals surface area contributed by atoms with Gasteiger partial charge in [-0.25, -0.2) is 4.79 Å². The van der Waals surface area contributed by atoms with Crippen LogP contribution in [0.25, 0.3) is 0 Å². The lowest BCUT2D eigenvalue weighted by molar-refractivity contribution is -0.380. The van der Waals surface area contributed by atoms with E-state index in [0.29, 0.717) is 11.3 Å². The molecule has 22 heavy (non-hydrogen) atoms. The van der Waals surface area contributed by atoms with Crippen LogP contribution in [0.4, 0.5) is 15.5 Å². The smallest absolute Gasteiger partial charge is 0.380 e. The van der Waals surface area contributed by atoms with E-state index in [1.54, 1.807) is 12.1 Å². The van der Waals surface area contributed by atoms with Crippen molar-refractivity contribution in [2.45, 2.75) is 6.92 Å². The first-order valence-electron chi connectivity index (χ1n) is 6.07. The molecule has 9 heteroatoms. The average molecular weight is 320 g/mol. The lowest BCUT2D eigenvalue weighted by Crippen LogP contribution is -2.17. The molecule has 1 aromatic heterocycles. The Morgan fingerprint density at radius 2 is 2.09 bits per heavy atom. The van der Waals surface area contributed by atoms with Gasteiger partial charge in [-0.05, 0) is 19.1 Å². The summed E-state index contributed by atoms with van der Waals surface area (Å²) in [5.74, 6) is -0.122. The van der Waals surface area contributed by atoms with Gasteiger partial charge in [0.25, 0.3) is 0 Å². The maximum absolute atomic E-state index is 11.5. The number of nitrogens with two attached hydrogens (primary N) is 1. The predicted molar refractivity (Wildman–Crippen MR) is 83.0 cm³/mol. The Labute approximate surface area is 129 Å². The second-order valence-corrected chi connectivity index (χ2v) is 5.17. The zero-order valence-corrected chi connectivity index (χ0v) is 12.3. The van der Waals surface area contributed by atoms with Gasteiger partial charge in [-0.2, -0.15) is 0 Å². The minimum atomic E-state index is -0.809. The minimum Gasteiger partial charge on any atom is -0.380 e. The molecule has 0 atom stereocenters. The fraction of sp³-hybridized carbons (Fsp3) is 0.0769. The highest BCUT2D eigenvalue weighted by Crippen LogP contribution is 2.22. The third-order valence-electron chi connectivity index (χ3n) is 2.59. The van der Waals surface area contributed by atoms with E-state index in [0.717, 1.165) is 16.9 Å². The van der Waals surface area contributed by atoms with E-state index < -0.39 is 11.0 Å². The summed E-state index contributed by atoms with van der Waals surface area (Å²) in [4.78, 5) is 26.2. The molecule has 8 nitrogen and oxygen atoms in total. The average Bonchev–Trinajstić information content (AvgIpc) is 2.97. The van der Waals surface area contributed by atoms with E-state index in [-0.39, 0.29) is 10.8 Å². The second kappa shape index (κ2) is 6.68. The summed E-state index contributed by atoms with van der Waals surface area (Å²) in [6, 6.07) is 8.35. The maximum Gasteiger partial charge on any atom is 0.437 e. The van der Waals surface area contributed by atoms with Crippen LogP contribution in [0, 0.1) is 17.0 Å². The molecule has 0 unspecified atom stereocenters. The molecule has 2 aromatic rings. The van der Waals surface area contributed by atoms with E-state index in [1.807, 2.05) is 19.1 Å². The molecule has 1 aromatic carbocycles. The number of benzene rings is 1. The van der Waals surface area contributed by atoms with Crippen LogP contribution in [-0.4, -0.2) is 16.9 Å². The van der Waals surface area contributed by atoms with Crippen LogP contribution < -0.4 is 11.1 Å². The van der Waals surface area contributed by atoms with E-state index >= 15 is 0 Å². The maximum atomic E-state index is 11.5. The molecular weight excluding hydrogens is 308 g/mol. The molecule has 2 rings (SSSR count). The first-order valence-corrected chi connectivity index (χ1v) is 6.95. The zero-order chi connectivity index (χ0) is 16.1. The lowest BCUT2D eigenvalue weighted by atomic mass is 10.2. The minimum absolute atomic E-state index is 0.0720. The fourth-order valence-electron chi connectivity index (χ4n) is 1.48. The number of nitrogens with zero attached hydrogens (tertiary/aromatic N) is 2. The number of carbonyl (C=O) groups is 1. The van der Waals surface area contributed by atoms with Crippen LogP contribution in [0.15, 0.2) is 40.9 Å². The van der Waals surface area contributed by atoms with E-state index in [1.165, 1.54) is 11.4 Å². The molecule has 114 valence electrons. The van der Waals surface area contributed by atoms with Gasteiger partial charge >= 0.3 is 11.1 Å². The highest BCUT2D eigenvalue weighted by molar-refractivity contribution is 7.13. The number of hydrogen-bond donors (Lipinski definition) is 2. The van der Waals surface area contributed by atoms with Crippen molar-refractivity contribution in [2.75, 3.05) is 5.32 Å². The van der Waals surface area contributed by atoms with Crippen molar-refractivity contribution in [1.29, 1.82) is 0 Å². The third kappa shape index (κ3) is 4.03. The summed E-state index contributed by atoms with van der Waals surface area (Å²) in [6.45, 7) is 1.92. The number of anilines is 1. The molecule has 0 saturated carbocycles. The van der Waals surface area contributed by atoms with Gasteiger partial charge in [0.15, 0.2) is 5.84 Å². The molecule has 1 heterocycles. The molecule has 0 aliphatic heterocycles. The molecule has 0 aliphatic rings. The number of thiophene rings is 1. The van der Waals surface area contributed by atoms with Crippen molar-refractivity contribution in [1.82, 2.24) is 0 Å². The topological polar surface area (TPSA) is 120 Å². The van der Waals surface area contributed by atoms with Crippen molar-refractivity contribution in [3.63, 3.8) is 0 Å². The quantitative estimate of drug-likeness (QED) is 0.295. The molecule has 3 N–H and O–H groups in total. The Morgan fingerprint density at radius 3 is 2.68 bits per heavy atom. The standard InChI is InChI=1S/C13H12N4O4S/c1-8-2-4-10(5-3-8)15-13(18)21-16-12(14)9-6-11(17(19)20)22-7-9/h2-7H,1H3,(H2,14,16)(H,15,18). The number of nitrogens with one attached hydrogen (secondary N) is 1. The van der Waals surface area contributed by atoms with Crippen molar-refractivity contribution in [3.8, 4) is 0 Å². The SMILES string of the molecule is Cc1ccc(NC(=O)O/N=C(/N)c2csc([N+](=O)[O-])c2)cc1. The van der Waals surface area contributed by atoms with Gasteiger partial charge in [0, 0.05) is 22.7 Å². The Morgan fingerprint density at radius 1 is 1.41 bits per heavy atom. The zero-order valence-electron chi connectivity index (χ0n) is 11.5. The van der Waals surface area contributed by atoms with Crippen LogP contribution in [-0.2, 0) is 4.84 Å². The number of rotatable bonds is 4. The number of hydrogen-bond acceptors (Lipinski definition) is 6. The van der Waals surface area contributed by atoms with Crippen molar-refractivity contribution < 1.29 is 14.6 Å². The third-order valence-corrected chi connectivity index (χ3v) is 3.47. The number of amidine groups is 1. The lowest BCUT2D eigenvalue weighted by Gasteiger charge is -2.03. The van der Waals surface area contributed by atoms with Crippen molar-refractivity contribution in [3.05, 3.63) is 57.0 Å². The first-order chi connectivity index (χ1) is 10.5. The molecular formula is C13H12N4O4S. The van der Waals surface area contributed by atoms with Gasteiger partial charge in [-0.15, -0.1) is 0 Å². The van der Waals surface area contributed by atoms with Crippen LogP contribution in [0.2, 0.25) is 0 Å². The van der Waals surface area contributed by atoms with Gasteiger partial charge in [-0.3, -0.25) is 20.3 Å². The molecule has 0 bridgehead atoms. The number of amides is 1. The molecule has 1 amide bonds. The fourth-order valence-corrected chi connectivity index (χ4v) is 2.19. The number of oxime groups is 1. The predicted octanol–water partition coefficient (Wildman–Crippen LogP) is 2.83.